The Balaban J connectivity index is 1.68. The normalized spacial score (nSPS) is 11.7. The van der Waals surface area contributed by atoms with Crippen LogP contribution in [0.25, 0.3) is 10.8 Å². The maximum absolute atomic E-state index is 12.4. The third-order valence-electron chi connectivity index (χ3n) is 3.93. The lowest BCUT2D eigenvalue weighted by Gasteiger charge is -2.11. The molecule has 1 aromatic carbocycles. The van der Waals surface area contributed by atoms with Crippen LogP contribution in [0.1, 0.15) is 20.9 Å². The standard InChI is InChI=1S/C18H19N3O4S2/c1-12-16(26-18(20-12)15-5-4-10-25-15)11-19-17(22)13-6-8-14(9-7-13)27(23,24)21(2)3/h4-10H,11H2,1-3H3,(H,19,22). The van der Waals surface area contributed by atoms with E-state index in [4.69, 9.17) is 4.42 Å². The van der Waals surface area contributed by atoms with Crippen molar-refractivity contribution in [3.05, 3.63) is 58.8 Å². The molecule has 1 amide bonds. The number of carbonyl (C=O) groups is 1. The molecule has 0 bridgehead atoms. The van der Waals surface area contributed by atoms with E-state index in [1.807, 2.05) is 13.0 Å². The van der Waals surface area contributed by atoms with Gasteiger partial charge in [-0.2, -0.15) is 0 Å². The van der Waals surface area contributed by atoms with E-state index in [1.54, 1.807) is 12.3 Å². The van der Waals surface area contributed by atoms with Gasteiger partial charge >= 0.3 is 0 Å². The largest absolute Gasteiger partial charge is 0.462 e. The second-order valence-electron chi connectivity index (χ2n) is 6.00. The number of hydrogen-bond acceptors (Lipinski definition) is 6. The highest BCUT2D eigenvalue weighted by Gasteiger charge is 2.18. The molecule has 0 aliphatic rings. The molecular formula is C18H19N3O4S2. The van der Waals surface area contributed by atoms with Crippen molar-refractivity contribution in [2.24, 2.45) is 0 Å². The SMILES string of the molecule is Cc1nc(-c2ccco2)sc1CNC(=O)c1ccc(S(=O)(=O)N(C)C)cc1. The van der Waals surface area contributed by atoms with Gasteiger partial charge in [0.05, 0.1) is 23.4 Å². The second-order valence-corrected chi connectivity index (χ2v) is 9.23. The number of aryl methyl sites for hydroxylation is 1. The highest BCUT2D eigenvalue weighted by Crippen LogP contribution is 2.28. The first kappa shape index (κ1) is 19.3. The quantitative estimate of drug-likeness (QED) is 0.681. The average molecular weight is 406 g/mol. The first-order valence-corrected chi connectivity index (χ1v) is 10.4. The summed E-state index contributed by atoms with van der Waals surface area (Å²) in [5, 5.41) is 3.60. The van der Waals surface area contributed by atoms with E-state index in [9.17, 15) is 13.2 Å². The number of amides is 1. The van der Waals surface area contributed by atoms with Crippen LogP contribution in [0, 0.1) is 6.92 Å². The van der Waals surface area contributed by atoms with Crippen molar-refractivity contribution < 1.29 is 17.6 Å². The number of rotatable bonds is 6. The molecule has 7 nitrogen and oxygen atoms in total. The van der Waals surface area contributed by atoms with Crippen LogP contribution in [0.2, 0.25) is 0 Å². The molecule has 0 saturated carbocycles. The molecule has 3 rings (SSSR count). The summed E-state index contributed by atoms with van der Waals surface area (Å²) in [6.45, 7) is 2.21. The van der Waals surface area contributed by atoms with E-state index in [0.717, 1.165) is 19.9 Å². The smallest absolute Gasteiger partial charge is 0.251 e. The molecule has 0 unspecified atom stereocenters. The number of furan rings is 1. The zero-order valence-electron chi connectivity index (χ0n) is 15.1. The van der Waals surface area contributed by atoms with Gasteiger partial charge in [0.2, 0.25) is 10.0 Å². The van der Waals surface area contributed by atoms with Crippen molar-refractivity contribution in [2.75, 3.05) is 14.1 Å². The van der Waals surface area contributed by atoms with Crippen molar-refractivity contribution in [3.8, 4) is 10.8 Å². The first-order valence-electron chi connectivity index (χ1n) is 8.10. The molecule has 9 heteroatoms. The van der Waals surface area contributed by atoms with Gasteiger partial charge in [0.15, 0.2) is 10.8 Å². The van der Waals surface area contributed by atoms with Gasteiger partial charge in [0.25, 0.3) is 5.91 Å². The zero-order valence-corrected chi connectivity index (χ0v) is 16.7. The lowest BCUT2D eigenvalue weighted by Crippen LogP contribution is -2.24. The predicted octanol–water partition coefficient (Wildman–Crippen LogP) is 2.89. The number of carbonyl (C=O) groups excluding carboxylic acids is 1. The van der Waals surface area contributed by atoms with E-state index < -0.39 is 10.0 Å². The molecule has 1 N–H and O–H groups in total. The van der Waals surface area contributed by atoms with Crippen molar-refractivity contribution in [1.29, 1.82) is 0 Å². The minimum Gasteiger partial charge on any atom is -0.462 e. The maximum Gasteiger partial charge on any atom is 0.251 e. The molecule has 0 fully saturated rings. The molecule has 2 heterocycles. The molecule has 0 aliphatic heterocycles. The number of benzene rings is 1. The first-order chi connectivity index (χ1) is 12.8. The van der Waals surface area contributed by atoms with E-state index in [0.29, 0.717) is 17.9 Å². The lowest BCUT2D eigenvalue weighted by atomic mass is 10.2. The molecule has 0 aliphatic carbocycles. The topological polar surface area (TPSA) is 92.5 Å². The highest BCUT2D eigenvalue weighted by molar-refractivity contribution is 7.89. The Morgan fingerprint density at radius 2 is 1.93 bits per heavy atom. The highest BCUT2D eigenvalue weighted by atomic mass is 32.2. The number of hydrogen-bond donors (Lipinski definition) is 1. The third kappa shape index (κ3) is 4.10. The molecule has 0 spiro atoms. The van der Waals surface area contributed by atoms with Crippen molar-refractivity contribution >= 4 is 27.3 Å². The Hall–Kier alpha value is -2.49. The zero-order chi connectivity index (χ0) is 19.6. The van der Waals surface area contributed by atoms with E-state index in [2.05, 4.69) is 10.3 Å². The van der Waals surface area contributed by atoms with Crippen LogP contribution in [0.4, 0.5) is 0 Å². The minimum absolute atomic E-state index is 0.144. The van der Waals surface area contributed by atoms with Crippen LogP contribution in [0.5, 0.6) is 0 Å². The fourth-order valence-corrected chi connectivity index (χ4v) is 4.22. The summed E-state index contributed by atoms with van der Waals surface area (Å²) in [4.78, 5) is 17.9. The van der Waals surface area contributed by atoms with Crippen LogP contribution in [-0.2, 0) is 16.6 Å². The lowest BCUT2D eigenvalue weighted by molar-refractivity contribution is 0.0951. The van der Waals surface area contributed by atoms with Gasteiger partial charge in [-0.1, -0.05) is 0 Å². The fourth-order valence-electron chi connectivity index (χ4n) is 2.35. The van der Waals surface area contributed by atoms with Gasteiger partial charge in [0, 0.05) is 24.5 Å². The van der Waals surface area contributed by atoms with Gasteiger partial charge in [-0.25, -0.2) is 17.7 Å². The molecule has 27 heavy (non-hydrogen) atoms. The molecule has 3 aromatic rings. The van der Waals surface area contributed by atoms with E-state index in [1.165, 1.54) is 49.7 Å². The summed E-state index contributed by atoms with van der Waals surface area (Å²) in [7, 11) is -0.588. The van der Waals surface area contributed by atoms with Crippen molar-refractivity contribution in [2.45, 2.75) is 18.4 Å². The number of thiazole rings is 1. The van der Waals surface area contributed by atoms with Crippen LogP contribution in [0.15, 0.2) is 52.0 Å². The monoisotopic (exact) mass is 405 g/mol. The summed E-state index contributed by atoms with van der Waals surface area (Å²) in [6.07, 6.45) is 1.59. The van der Waals surface area contributed by atoms with Crippen LogP contribution in [-0.4, -0.2) is 37.7 Å². The van der Waals surface area contributed by atoms with Gasteiger partial charge < -0.3 is 9.73 Å². The molecule has 0 atom stereocenters. The summed E-state index contributed by atoms with van der Waals surface area (Å²) < 4.78 is 30.6. The van der Waals surface area contributed by atoms with Crippen LogP contribution < -0.4 is 5.32 Å². The van der Waals surface area contributed by atoms with Crippen LogP contribution in [0.3, 0.4) is 0 Å². The fraction of sp³-hybridized carbons (Fsp3) is 0.222. The Morgan fingerprint density at radius 3 is 2.52 bits per heavy atom. The molecule has 2 aromatic heterocycles. The number of sulfonamides is 1. The van der Waals surface area contributed by atoms with Gasteiger partial charge in [0.1, 0.15) is 0 Å². The Morgan fingerprint density at radius 1 is 1.22 bits per heavy atom. The number of nitrogens with zero attached hydrogens (tertiary/aromatic N) is 2. The van der Waals surface area contributed by atoms with Crippen molar-refractivity contribution in [3.63, 3.8) is 0 Å². The maximum atomic E-state index is 12.4. The van der Waals surface area contributed by atoms with Gasteiger partial charge in [-0.3, -0.25) is 4.79 Å². The van der Waals surface area contributed by atoms with E-state index in [-0.39, 0.29) is 10.8 Å². The number of nitrogens with one attached hydrogen (secondary N) is 1. The van der Waals surface area contributed by atoms with Gasteiger partial charge in [-0.15, -0.1) is 11.3 Å². The predicted molar refractivity (Wildman–Crippen MR) is 103 cm³/mol. The second kappa shape index (κ2) is 7.63. The Kier molecular flexibility index (Phi) is 5.45. The van der Waals surface area contributed by atoms with E-state index >= 15 is 0 Å². The summed E-state index contributed by atoms with van der Waals surface area (Å²) in [5.74, 6) is 0.412. The minimum atomic E-state index is -3.51. The third-order valence-corrected chi connectivity index (χ3v) is 6.93. The molecular weight excluding hydrogens is 386 g/mol. The summed E-state index contributed by atoms with van der Waals surface area (Å²) in [6, 6.07) is 9.49. The summed E-state index contributed by atoms with van der Waals surface area (Å²) in [5.41, 5.74) is 1.22. The molecule has 0 saturated heterocycles. The Bertz CT molecular complexity index is 1040. The molecule has 0 radical (unpaired) electrons. The Labute approximate surface area is 161 Å². The van der Waals surface area contributed by atoms with Gasteiger partial charge in [-0.05, 0) is 43.3 Å². The molecule has 142 valence electrons. The average Bonchev–Trinajstić information content (AvgIpc) is 3.29. The number of aromatic nitrogens is 1. The van der Waals surface area contributed by atoms with Crippen molar-refractivity contribution in [1.82, 2.24) is 14.6 Å². The van der Waals surface area contributed by atoms with Crippen LogP contribution >= 0.6 is 11.3 Å². The summed E-state index contributed by atoms with van der Waals surface area (Å²) >= 11 is 1.46.